The van der Waals surface area contributed by atoms with Gasteiger partial charge in [-0.05, 0) is 12.8 Å². The summed E-state index contributed by atoms with van der Waals surface area (Å²) in [5.74, 6) is 0.410. The van der Waals surface area contributed by atoms with E-state index in [-0.39, 0.29) is 5.92 Å². The van der Waals surface area contributed by atoms with Gasteiger partial charge in [0, 0.05) is 37.3 Å². The van der Waals surface area contributed by atoms with Gasteiger partial charge in [0.15, 0.2) is 0 Å². The Balaban J connectivity index is 1.42. The third-order valence-corrected chi connectivity index (χ3v) is 5.76. The van der Waals surface area contributed by atoms with E-state index in [9.17, 15) is 4.79 Å². The Labute approximate surface area is 150 Å². The number of amides is 1. The predicted molar refractivity (Wildman–Crippen MR) is 92.9 cm³/mol. The predicted octanol–water partition coefficient (Wildman–Crippen LogP) is 2.12. The molecule has 3 aliphatic heterocycles. The molecule has 24 heavy (non-hydrogen) atoms. The third kappa shape index (κ3) is 3.34. The summed E-state index contributed by atoms with van der Waals surface area (Å²) in [6.45, 7) is 4.11. The Morgan fingerprint density at radius 2 is 2.21 bits per heavy atom. The zero-order valence-corrected chi connectivity index (χ0v) is 14.9. The number of fused-ring (bicyclic) bond motifs is 4. The minimum absolute atomic E-state index is 0.114. The fourth-order valence-corrected chi connectivity index (χ4v) is 4.42. The smallest absolute Gasteiger partial charge is 0.227 e. The van der Waals surface area contributed by atoms with Crippen LogP contribution >= 0.6 is 22.9 Å². The highest BCUT2D eigenvalue weighted by Crippen LogP contribution is 2.30. The summed E-state index contributed by atoms with van der Waals surface area (Å²) in [5, 5.41) is 6.93. The lowest BCUT2D eigenvalue weighted by atomic mass is 9.94. The highest BCUT2D eigenvalue weighted by Gasteiger charge is 2.40. The van der Waals surface area contributed by atoms with Crippen molar-refractivity contribution in [3.8, 4) is 0 Å². The average molecular weight is 366 g/mol. The molecule has 128 valence electrons. The normalized spacial score (nSPS) is 24.5. The Kier molecular flexibility index (Phi) is 4.56. The van der Waals surface area contributed by atoms with E-state index < -0.39 is 0 Å². The molecule has 5 heterocycles. The van der Waals surface area contributed by atoms with Crippen LogP contribution in [-0.4, -0.2) is 56.1 Å². The maximum absolute atomic E-state index is 12.8. The van der Waals surface area contributed by atoms with Gasteiger partial charge < -0.3 is 4.90 Å². The summed E-state index contributed by atoms with van der Waals surface area (Å²) < 4.78 is 1.87. The molecule has 0 aliphatic carbocycles. The standard InChI is InChI=1S/C16H20ClN5OS/c17-13-5-19-21(7-13)4-3-20-6-12-1-2-15(9-20)22(16(12)23)8-14-10-24-11-18-14/h5,7,10-12,15H,1-4,6,8-9H2/t12-,15+/m1/s1. The Morgan fingerprint density at radius 1 is 1.29 bits per heavy atom. The fourth-order valence-electron chi connectivity index (χ4n) is 3.72. The monoisotopic (exact) mass is 365 g/mol. The van der Waals surface area contributed by atoms with Crippen molar-refractivity contribution in [3.63, 3.8) is 0 Å². The van der Waals surface area contributed by atoms with Crippen molar-refractivity contribution in [2.24, 2.45) is 5.92 Å². The van der Waals surface area contributed by atoms with Crippen molar-refractivity contribution >= 4 is 28.8 Å². The summed E-state index contributed by atoms with van der Waals surface area (Å²) in [4.78, 5) is 21.6. The molecule has 0 radical (unpaired) electrons. The summed E-state index contributed by atoms with van der Waals surface area (Å²) in [6.07, 6.45) is 5.59. The Bertz CT molecular complexity index is 703. The van der Waals surface area contributed by atoms with Crippen molar-refractivity contribution in [3.05, 3.63) is 34.0 Å². The van der Waals surface area contributed by atoms with E-state index in [2.05, 4.69) is 15.0 Å². The number of rotatable bonds is 5. The summed E-state index contributed by atoms with van der Waals surface area (Å²) in [5.41, 5.74) is 2.83. The molecule has 2 aromatic rings. The van der Waals surface area contributed by atoms with Gasteiger partial charge in [0.2, 0.25) is 5.91 Å². The highest BCUT2D eigenvalue weighted by molar-refractivity contribution is 7.07. The molecule has 2 bridgehead atoms. The number of nitrogens with zero attached hydrogens (tertiary/aromatic N) is 5. The van der Waals surface area contributed by atoms with Crippen molar-refractivity contribution < 1.29 is 4.79 Å². The van der Waals surface area contributed by atoms with Crippen molar-refractivity contribution in [1.29, 1.82) is 0 Å². The van der Waals surface area contributed by atoms with Crippen molar-refractivity contribution in [1.82, 2.24) is 24.6 Å². The molecular weight excluding hydrogens is 346 g/mol. The summed E-state index contributed by atoms with van der Waals surface area (Å²) in [6, 6.07) is 0.291. The van der Waals surface area contributed by atoms with Crippen LogP contribution < -0.4 is 0 Å². The van der Waals surface area contributed by atoms with E-state index in [4.69, 9.17) is 11.6 Å². The molecule has 0 saturated carbocycles. The van der Waals surface area contributed by atoms with Gasteiger partial charge in [-0.15, -0.1) is 11.3 Å². The van der Waals surface area contributed by atoms with Gasteiger partial charge in [-0.2, -0.15) is 5.10 Å². The number of halogens is 1. The maximum atomic E-state index is 12.8. The molecule has 3 aliphatic rings. The zero-order valence-electron chi connectivity index (χ0n) is 13.3. The minimum atomic E-state index is 0.114. The van der Waals surface area contributed by atoms with Crippen LogP contribution in [0.2, 0.25) is 5.02 Å². The lowest BCUT2D eigenvalue weighted by molar-refractivity contribution is -0.140. The average Bonchev–Trinajstić information content (AvgIpc) is 3.15. The minimum Gasteiger partial charge on any atom is -0.332 e. The van der Waals surface area contributed by atoms with Crippen LogP contribution in [-0.2, 0) is 17.9 Å². The molecule has 8 heteroatoms. The molecule has 0 unspecified atom stereocenters. The van der Waals surface area contributed by atoms with E-state index in [1.807, 2.05) is 26.7 Å². The van der Waals surface area contributed by atoms with Gasteiger partial charge in [-0.25, -0.2) is 4.98 Å². The van der Waals surface area contributed by atoms with E-state index in [1.165, 1.54) is 0 Å². The first kappa shape index (κ1) is 16.1. The van der Waals surface area contributed by atoms with E-state index in [0.717, 1.165) is 44.7 Å². The molecule has 0 N–H and O–H groups in total. The number of piperidine rings is 1. The van der Waals surface area contributed by atoms with Gasteiger partial charge in [-0.1, -0.05) is 11.6 Å². The fraction of sp³-hybridized carbons (Fsp3) is 0.562. The van der Waals surface area contributed by atoms with E-state index in [0.29, 0.717) is 23.5 Å². The number of carbonyl (C=O) groups excluding carboxylic acids is 1. The second kappa shape index (κ2) is 6.82. The molecule has 1 amide bonds. The number of hydrogen-bond acceptors (Lipinski definition) is 5. The first-order valence-corrected chi connectivity index (χ1v) is 9.59. The number of carbonyl (C=O) groups is 1. The molecule has 6 nitrogen and oxygen atoms in total. The third-order valence-electron chi connectivity index (χ3n) is 4.93. The first-order valence-electron chi connectivity index (χ1n) is 8.27. The molecule has 0 aromatic carbocycles. The van der Waals surface area contributed by atoms with Crippen LogP contribution in [0, 0.1) is 5.92 Å². The van der Waals surface area contributed by atoms with Crippen molar-refractivity contribution in [2.75, 3.05) is 19.6 Å². The lowest BCUT2D eigenvalue weighted by Crippen LogP contribution is -2.47. The molecule has 2 aromatic heterocycles. The topological polar surface area (TPSA) is 54.3 Å². The summed E-state index contributed by atoms with van der Waals surface area (Å²) in [7, 11) is 0. The van der Waals surface area contributed by atoms with Gasteiger partial charge in [0.1, 0.15) is 0 Å². The second-order valence-corrected chi connectivity index (χ2v) is 7.71. The Hall–Kier alpha value is -1.44. The quantitative estimate of drug-likeness (QED) is 0.814. The molecule has 3 saturated heterocycles. The Morgan fingerprint density at radius 3 is 2.96 bits per heavy atom. The van der Waals surface area contributed by atoms with Gasteiger partial charge >= 0.3 is 0 Å². The van der Waals surface area contributed by atoms with Crippen LogP contribution in [0.1, 0.15) is 18.5 Å². The van der Waals surface area contributed by atoms with Gasteiger partial charge in [-0.3, -0.25) is 14.4 Å². The van der Waals surface area contributed by atoms with Crippen LogP contribution in [0.4, 0.5) is 0 Å². The van der Waals surface area contributed by atoms with E-state index in [1.54, 1.807) is 17.5 Å². The van der Waals surface area contributed by atoms with Gasteiger partial charge in [0.05, 0.1) is 41.4 Å². The SMILES string of the molecule is O=C1[C@@H]2CC[C@@H](CN(CCn3cc(Cl)cn3)C2)N1Cc1cscn1. The molecule has 3 fully saturated rings. The molecule has 2 atom stereocenters. The summed E-state index contributed by atoms with van der Waals surface area (Å²) >= 11 is 7.50. The first-order chi connectivity index (χ1) is 11.7. The lowest BCUT2D eigenvalue weighted by Gasteiger charge is -2.35. The molecule has 0 spiro atoms. The van der Waals surface area contributed by atoms with Gasteiger partial charge in [0.25, 0.3) is 0 Å². The number of thiazole rings is 1. The number of aromatic nitrogens is 3. The van der Waals surface area contributed by atoms with E-state index >= 15 is 0 Å². The maximum Gasteiger partial charge on any atom is 0.227 e. The molecule has 5 rings (SSSR count). The van der Waals surface area contributed by atoms with Crippen LogP contribution in [0.25, 0.3) is 0 Å². The van der Waals surface area contributed by atoms with Crippen LogP contribution in [0.5, 0.6) is 0 Å². The zero-order chi connectivity index (χ0) is 16.5. The molecular formula is C16H20ClN5OS. The largest absolute Gasteiger partial charge is 0.332 e. The van der Waals surface area contributed by atoms with Crippen LogP contribution in [0.15, 0.2) is 23.3 Å². The second-order valence-electron chi connectivity index (χ2n) is 6.56. The number of hydrogen-bond donors (Lipinski definition) is 0. The van der Waals surface area contributed by atoms with Crippen LogP contribution in [0.3, 0.4) is 0 Å². The van der Waals surface area contributed by atoms with Crippen molar-refractivity contribution in [2.45, 2.75) is 32.0 Å². The highest BCUT2D eigenvalue weighted by atomic mass is 35.5.